The third kappa shape index (κ3) is 1.81. The van der Waals surface area contributed by atoms with Gasteiger partial charge in [-0.05, 0) is 43.4 Å². The van der Waals surface area contributed by atoms with E-state index < -0.39 is 0 Å². The lowest BCUT2D eigenvalue weighted by molar-refractivity contribution is -0.138. The van der Waals surface area contributed by atoms with Crippen molar-refractivity contribution in [1.29, 1.82) is 0 Å². The standard InChI is InChI=1S/C15H21NO2/c1-9(2)15(17)18-7-6-16-14-12-8-13(14)11-5-3-4-10(11)12/h3-4,10-14,16H,1,5-8H2,2H3. The Kier molecular flexibility index (Phi) is 3.02. The topological polar surface area (TPSA) is 38.3 Å². The molecular weight excluding hydrogens is 226 g/mol. The Hall–Kier alpha value is -1.09. The zero-order valence-electron chi connectivity index (χ0n) is 10.9. The Labute approximate surface area is 108 Å². The van der Waals surface area contributed by atoms with Crippen LogP contribution in [0.15, 0.2) is 24.3 Å². The van der Waals surface area contributed by atoms with Crippen molar-refractivity contribution in [3.63, 3.8) is 0 Å². The smallest absolute Gasteiger partial charge is 0.333 e. The first-order chi connectivity index (χ1) is 8.68. The molecule has 1 N–H and O–H groups in total. The molecule has 0 aliphatic heterocycles. The lowest BCUT2D eigenvalue weighted by Gasteiger charge is -2.38. The number of hydrogen-bond acceptors (Lipinski definition) is 3. The fourth-order valence-corrected chi connectivity index (χ4v) is 3.98. The van der Waals surface area contributed by atoms with Crippen LogP contribution in [0, 0.1) is 23.7 Å². The molecular formula is C15H21NO2. The van der Waals surface area contributed by atoms with Gasteiger partial charge in [0.1, 0.15) is 6.61 Å². The molecule has 0 spiro atoms. The molecule has 4 aliphatic carbocycles. The van der Waals surface area contributed by atoms with E-state index in [-0.39, 0.29) is 5.97 Å². The molecule has 98 valence electrons. The van der Waals surface area contributed by atoms with E-state index in [1.165, 1.54) is 12.8 Å². The van der Waals surface area contributed by atoms with Crippen LogP contribution in [0.25, 0.3) is 0 Å². The summed E-state index contributed by atoms with van der Waals surface area (Å²) in [5.41, 5.74) is 0.471. The second-order valence-corrected chi connectivity index (χ2v) is 5.86. The van der Waals surface area contributed by atoms with Gasteiger partial charge in [0.15, 0.2) is 0 Å². The van der Waals surface area contributed by atoms with Crippen LogP contribution in [0.1, 0.15) is 19.8 Å². The summed E-state index contributed by atoms with van der Waals surface area (Å²) in [7, 11) is 0. The van der Waals surface area contributed by atoms with E-state index in [2.05, 4.69) is 24.0 Å². The van der Waals surface area contributed by atoms with Gasteiger partial charge in [0.25, 0.3) is 0 Å². The van der Waals surface area contributed by atoms with E-state index in [1.807, 2.05) is 0 Å². The van der Waals surface area contributed by atoms with E-state index in [4.69, 9.17) is 4.74 Å². The van der Waals surface area contributed by atoms with Crippen LogP contribution >= 0.6 is 0 Å². The third-order valence-electron chi connectivity index (χ3n) is 4.84. The molecule has 4 rings (SSSR count). The zero-order chi connectivity index (χ0) is 12.7. The summed E-state index contributed by atoms with van der Waals surface area (Å²) in [6, 6.07) is 0.661. The van der Waals surface area contributed by atoms with Crippen LogP contribution in [-0.2, 0) is 9.53 Å². The van der Waals surface area contributed by atoms with Crippen LogP contribution in [0.3, 0.4) is 0 Å². The molecule has 3 fully saturated rings. The summed E-state index contributed by atoms with van der Waals surface area (Å²) in [4.78, 5) is 11.2. The highest BCUT2D eigenvalue weighted by molar-refractivity contribution is 5.86. The number of hydrogen-bond donors (Lipinski definition) is 1. The van der Waals surface area contributed by atoms with Crippen LogP contribution in [0.2, 0.25) is 0 Å². The Balaban J connectivity index is 1.40. The Morgan fingerprint density at radius 1 is 1.44 bits per heavy atom. The van der Waals surface area contributed by atoms with Crippen molar-refractivity contribution < 1.29 is 9.53 Å². The fourth-order valence-electron chi connectivity index (χ4n) is 3.98. The van der Waals surface area contributed by atoms with E-state index in [1.54, 1.807) is 6.92 Å². The van der Waals surface area contributed by atoms with Crippen molar-refractivity contribution in [3.8, 4) is 0 Å². The Bertz CT molecular complexity index is 401. The number of carbonyl (C=O) groups is 1. The Morgan fingerprint density at radius 2 is 2.28 bits per heavy atom. The number of carbonyl (C=O) groups excluding carboxylic acids is 1. The quantitative estimate of drug-likeness (QED) is 0.349. The molecule has 0 aromatic rings. The second-order valence-electron chi connectivity index (χ2n) is 5.86. The van der Waals surface area contributed by atoms with Gasteiger partial charge in [-0.3, -0.25) is 0 Å². The van der Waals surface area contributed by atoms with Gasteiger partial charge in [-0.15, -0.1) is 0 Å². The van der Waals surface area contributed by atoms with Gasteiger partial charge in [-0.1, -0.05) is 18.7 Å². The van der Waals surface area contributed by atoms with Gasteiger partial charge in [0, 0.05) is 18.2 Å². The third-order valence-corrected chi connectivity index (χ3v) is 4.84. The molecule has 4 aliphatic rings. The molecule has 3 nitrogen and oxygen atoms in total. The summed E-state index contributed by atoms with van der Waals surface area (Å²) >= 11 is 0. The molecule has 2 bridgehead atoms. The largest absolute Gasteiger partial charge is 0.461 e. The number of allylic oxidation sites excluding steroid dienone is 2. The minimum Gasteiger partial charge on any atom is -0.461 e. The lowest BCUT2D eigenvalue weighted by Crippen LogP contribution is -2.48. The Morgan fingerprint density at radius 3 is 3.00 bits per heavy atom. The van der Waals surface area contributed by atoms with Gasteiger partial charge in [0.05, 0.1) is 0 Å². The molecule has 5 unspecified atom stereocenters. The number of esters is 1. The monoisotopic (exact) mass is 247 g/mol. The molecule has 5 atom stereocenters. The zero-order valence-corrected chi connectivity index (χ0v) is 10.9. The maximum atomic E-state index is 11.2. The van der Waals surface area contributed by atoms with Crippen LogP contribution in [-0.4, -0.2) is 25.2 Å². The van der Waals surface area contributed by atoms with E-state index >= 15 is 0 Å². The number of rotatable bonds is 5. The van der Waals surface area contributed by atoms with Crippen molar-refractivity contribution in [3.05, 3.63) is 24.3 Å². The molecule has 3 saturated carbocycles. The van der Waals surface area contributed by atoms with Gasteiger partial charge >= 0.3 is 5.97 Å². The van der Waals surface area contributed by atoms with Crippen molar-refractivity contribution in [2.75, 3.05) is 13.2 Å². The minimum absolute atomic E-state index is 0.284. The fraction of sp³-hybridized carbons (Fsp3) is 0.667. The maximum absolute atomic E-state index is 11.2. The summed E-state index contributed by atoms with van der Waals surface area (Å²) in [6.07, 6.45) is 7.43. The van der Waals surface area contributed by atoms with E-state index in [0.29, 0.717) is 18.2 Å². The highest BCUT2D eigenvalue weighted by Crippen LogP contribution is 2.60. The first-order valence-electron chi connectivity index (χ1n) is 6.91. The highest BCUT2D eigenvalue weighted by Gasteiger charge is 2.58. The average molecular weight is 247 g/mol. The SMILES string of the molecule is C=C(C)C(=O)OCCNC1C2CC1C1CC=CC12. The summed E-state index contributed by atoms with van der Waals surface area (Å²) in [5.74, 6) is 3.12. The molecule has 0 aromatic heterocycles. The predicted molar refractivity (Wildman–Crippen MR) is 69.9 cm³/mol. The van der Waals surface area contributed by atoms with Crippen LogP contribution in [0.5, 0.6) is 0 Å². The van der Waals surface area contributed by atoms with Crippen LogP contribution in [0.4, 0.5) is 0 Å². The molecule has 0 heterocycles. The van der Waals surface area contributed by atoms with Crippen molar-refractivity contribution in [2.24, 2.45) is 23.7 Å². The van der Waals surface area contributed by atoms with Crippen molar-refractivity contribution >= 4 is 5.97 Å². The minimum atomic E-state index is -0.284. The van der Waals surface area contributed by atoms with Crippen molar-refractivity contribution in [2.45, 2.75) is 25.8 Å². The first kappa shape index (κ1) is 12.0. The first-order valence-corrected chi connectivity index (χ1v) is 6.91. The molecule has 3 heteroatoms. The average Bonchev–Trinajstić information content (AvgIpc) is 2.92. The predicted octanol–water partition coefficient (Wildman–Crippen LogP) is 1.91. The van der Waals surface area contributed by atoms with Gasteiger partial charge in [0.2, 0.25) is 0 Å². The summed E-state index contributed by atoms with van der Waals surface area (Å²) in [5, 5.41) is 3.56. The summed E-state index contributed by atoms with van der Waals surface area (Å²) < 4.78 is 5.09. The molecule has 0 radical (unpaired) electrons. The molecule has 0 saturated heterocycles. The second kappa shape index (κ2) is 4.54. The van der Waals surface area contributed by atoms with E-state index in [0.717, 1.165) is 30.2 Å². The van der Waals surface area contributed by atoms with Gasteiger partial charge < -0.3 is 10.1 Å². The highest BCUT2D eigenvalue weighted by atomic mass is 16.5. The van der Waals surface area contributed by atoms with Crippen LogP contribution < -0.4 is 5.32 Å². The lowest BCUT2D eigenvalue weighted by atomic mass is 9.75. The molecule has 18 heavy (non-hydrogen) atoms. The van der Waals surface area contributed by atoms with Crippen molar-refractivity contribution in [1.82, 2.24) is 5.32 Å². The van der Waals surface area contributed by atoms with Gasteiger partial charge in [-0.2, -0.15) is 0 Å². The number of nitrogens with one attached hydrogen (secondary N) is 1. The van der Waals surface area contributed by atoms with E-state index in [9.17, 15) is 4.79 Å². The summed E-state index contributed by atoms with van der Waals surface area (Å²) in [6.45, 7) is 6.46. The molecule has 0 amide bonds. The normalized spacial score (nSPS) is 39.3. The maximum Gasteiger partial charge on any atom is 0.333 e. The number of ether oxygens (including phenoxy) is 1. The van der Waals surface area contributed by atoms with Gasteiger partial charge in [-0.25, -0.2) is 4.79 Å². The molecule has 0 aromatic carbocycles.